The molecule has 1 aromatic carbocycles. The first-order valence-electron chi connectivity index (χ1n) is 8.40. The number of aromatic nitrogens is 3. The van der Waals surface area contributed by atoms with Gasteiger partial charge in [0.2, 0.25) is 5.91 Å². The lowest BCUT2D eigenvalue weighted by Gasteiger charge is -2.29. The zero-order chi connectivity index (χ0) is 19.2. The smallest absolute Gasteiger partial charge is 0.279 e. The van der Waals surface area contributed by atoms with E-state index >= 15 is 0 Å². The van der Waals surface area contributed by atoms with Crippen LogP contribution in [0.25, 0.3) is 10.2 Å². The molecule has 3 heterocycles. The Balaban J connectivity index is 1.64. The van der Waals surface area contributed by atoms with Crippen LogP contribution in [0.1, 0.15) is 24.3 Å². The van der Waals surface area contributed by atoms with E-state index in [-0.39, 0.29) is 23.6 Å². The second-order valence-electron chi connectivity index (χ2n) is 7.02. The number of nitrogens with one attached hydrogen (secondary N) is 1. The van der Waals surface area contributed by atoms with Gasteiger partial charge in [0.05, 0.1) is 17.6 Å². The van der Waals surface area contributed by atoms with E-state index in [2.05, 4.69) is 15.6 Å². The van der Waals surface area contributed by atoms with Gasteiger partial charge < -0.3 is 10.1 Å². The summed E-state index contributed by atoms with van der Waals surface area (Å²) in [7, 11) is 0. The van der Waals surface area contributed by atoms with E-state index in [1.54, 1.807) is 24.3 Å². The van der Waals surface area contributed by atoms with E-state index in [1.165, 1.54) is 11.3 Å². The molecule has 3 aromatic rings. The van der Waals surface area contributed by atoms with Gasteiger partial charge in [-0.05, 0) is 37.6 Å². The van der Waals surface area contributed by atoms with Gasteiger partial charge in [-0.2, -0.15) is 0 Å². The fourth-order valence-corrected chi connectivity index (χ4v) is 4.33. The van der Waals surface area contributed by atoms with E-state index in [0.717, 1.165) is 15.1 Å². The van der Waals surface area contributed by atoms with Crippen molar-refractivity contribution in [1.29, 1.82) is 0 Å². The van der Waals surface area contributed by atoms with E-state index in [0.29, 0.717) is 34.0 Å². The van der Waals surface area contributed by atoms with Crippen molar-refractivity contribution in [1.82, 2.24) is 15.0 Å². The lowest BCUT2D eigenvalue weighted by atomic mass is 9.94. The summed E-state index contributed by atoms with van der Waals surface area (Å²) in [6.45, 7) is 4.22. The van der Waals surface area contributed by atoms with Crippen LogP contribution in [0.5, 0.6) is 0 Å². The number of thiophene rings is 1. The zero-order valence-corrected chi connectivity index (χ0v) is 16.4. The maximum Gasteiger partial charge on any atom is 0.279 e. The highest BCUT2D eigenvalue weighted by molar-refractivity contribution is 7.18. The third-order valence-corrected chi connectivity index (χ3v) is 5.69. The Morgan fingerprint density at radius 1 is 1.44 bits per heavy atom. The Morgan fingerprint density at radius 2 is 2.26 bits per heavy atom. The molecule has 0 radical (unpaired) electrons. The molecule has 1 aliphatic heterocycles. The molecule has 7 nitrogen and oxygen atoms in total. The van der Waals surface area contributed by atoms with Crippen LogP contribution in [0, 0.1) is 0 Å². The van der Waals surface area contributed by atoms with Crippen LogP contribution >= 0.6 is 22.9 Å². The van der Waals surface area contributed by atoms with Crippen LogP contribution in [-0.2, 0) is 29.1 Å². The summed E-state index contributed by atoms with van der Waals surface area (Å²) >= 11 is 7.34. The zero-order valence-electron chi connectivity index (χ0n) is 14.8. The molecule has 0 saturated heterocycles. The summed E-state index contributed by atoms with van der Waals surface area (Å²) in [5.74, 6) is -0.374. The third kappa shape index (κ3) is 3.60. The van der Waals surface area contributed by atoms with Gasteiger partial charge in [0.15, 0.2) is 4.83 Å². The average molecular weight is 405 g/mol. The Hall–Kier alpha value is -2.29. The highest BCUT2D eigenvalue weighted by atomic mass is 35.5. The molecule has 0 atom stereocenters. The molecule has 0 bridgehead atoms. The number of anilines is 1. The molecular weight excluding hydrogens is 388 g/mol. The maximum atomic E-state index is 12.9. The van der Waals surface area contributed by atoms with E-state index in [9.17, 15) is 9.59 Å². The van der Waals surface area contributed by atoms with E-state index in [1.807, 2.05) is 13.8 Å². The topological polar surface area (TPSA) is 86.1 Å². The number of rotatable bonds is 3. The van der Waals surface area contributed by atoms with Crippen LogP contribution in [0.3, 0.4) is 0 Å². The lowest BCUT2D eigenvalue weighted by molar-refractivity contribution is -0.117. The summed E-state index contributed by atoms with van der Waals surface area (Å²) in [5, 5.41) is 11.8. The molecule has 0 fully saturated rings. The van der Waals surface area contributed by atoms with Gasteiger partial charge in [-0.3, -0.25) is 9.59 Å². The van der Waals surface area contributed by atoms with Gasteiger partial charge in [-0.15, -0.1) is 16.4 Å². The van der Waals surface area contributed by atoms with Crippen molar-refractivity contribution in [3.63, 3.8) is 0 Å². The van der Waals surface area contributed by atoms with Gasteiger partial charge in [0, 0.05) is 22.0 Å². The second kappa shape index (κ2) is 6.70. The predicted octanol–water partition coefficient (Wildman–Crippen LogP) is 3.00. The quantitative estimate of drug-likeness (QED) is 0.725. The normalized spacial score (nSPS) is 15.5. The molecule has 4 rings (SSSR count). The summed E-state index contributed by atoms with van der Waals surface area (Å²) < 4.78 is 6.91. The van der Waals surface area contributed by atoms with Crippen LogP contribution < -0.4 is 10.9 Å². The number of hydrogen-bond donors (Lipinski definition) is 1. The van der Waals surface area contributed by atoms with E-state index < -0.39 is 0 Å². The summed E-state index contributed by atoms with van der Waals surface area (Å²) in [5.41, 5.74) is 0.860. The lowest BCUT2D eigenvalue weighted by Crippen LogP contribution is -2.33. The SMILES string of the molecule is CC1(C)Cc2c(sc3nnn(CC(=O)Nc4cccc(Cl)c4)c(=O)c23)CO1. The monoisotopic (exact) mass is 404 g/mol. The van der Waals surface area contributed by atoms with Crippen LogP contribution in [0.4, 0.5) is 5.69 Å². The average Bonchev–Trinajstić information content (AvgIpc) is 2.94. The van der Waals surface area contributed by atoms with E-state index in [4.69, 9.17) is 16.3 Å². The Bertz CT molecular complexity index is 1110. The first-order chi connectivity index (χ1) is 12.8. The highest BCUT2D eigenvalue weighted by Crippen LogP contribution is 2.36. The number of halogens is 1. The highest BCUT2D eigenvalue weighted by Gasteiger charge is 2.31. The molecule has 27 heavy (non-hydrogen) atoms. The molecular formula is C18H17ClN4O3S. The minimum Gasteiger partial charge on any atom is -0.370 e. The number of ether oxygens (including phenoxy) is 1. The first-order valence-corrected chi connectivity index (χ1v) is 9.59. The maximum absolute atomic E-state index is 12.9. The van der Waals surface area contributed by atoms with Gasteiger partial charge in [-0.25, -0.2) is 4.68 Å². The molecule has 140 valence electrons. The summed E-state index contributed by atoms with van der Waals surface area (Å²) in [6, 6.07) is 6.80. The van der Waals surface area contributed by atoms with Crippen molar-refractivity contribution in [2.45, 2.75) is 39.0 Å². The molecule has 0 unspecified atom stereocenters. The number of benzene rings is 1. The van der Waals surface area contributed by atoms with Crippen molar-refractivity contribution >= 4 is 44.7 Å². The van der Waals surface area contributed by atoms with Gasteiger partial charge in [-0.1, -0.05) is 22.9 Å². The standard InChI is InChI=1S/C18H17ClN4O3S/c1-18(2)7-12-13(9-26-18)27-16-15(12)17(25)23(22-21-16)8-14(24)20-11-5-3-4-10(19)6-11/h3-6H,7-9H2,1-2H3,(H,20,24). The van der Waals surface area contributed by atoms with Crippen molar-refractivity contribution in [3.05, 3.63) is 50.1 Å². The molecule has 1 aliphatic rings. The number of carbonyl (C=O) groups excluding carboxylic acids is 1. The molecule has 2 aromatic heterocycles. The molecule has 0 spiro atoms. The minimum absolute atomic E-state index is 0.223. The Morgan fingerprint density at radius 3 is 3.04 bits per heavy atom. The number of amides is 1. The van der Waals surface area contributed by atoms with Gasteiger partial charge >= 0.3 is 0 Å². The minimum atomic E-state index is -0.374. The number of fused-ring (bicyclic) bond motifs is 3. The fourth-order valence-electron chi connectivity index (χ4n) is 3.10. The molecule has 1 amide bonds. The number of carbonyl (C=O) groups is 1. The van der Waals surface area contributed by atoms with Crippen molar-refractivity contribution in [3.8, 4) is 0 Å². The molecule has 9 heteroatoms. The third-order valence-electron chi connectivity index (χ3n) is 4.36. The largest absolute Gasteiger partial charge is 0.370 e. The molecule has 0 saturated carbocycles. The summed E-state index contributed by atoms with van der Waals surface area (Å²) in [4.78, 5) is 26.8. The number of nitrogens with zero attached hydrogens (tertiary/aromatic N) is 3. The van der Waals surface area contributed by atoms with Crippen molar-refractivity contribution < 1.29 is 9.53 Å². The predicted molar refractivity (Wildman–Crippen MR) is 104 cm³/mol. The summed E-state index contributed by atoms with van der Waals surface area (Å²) in [6.07, 6.45) is 0.623. The van der Waals surface area contributed by atoms with Crippen LogP contribution in [0.2, 0.25) is 5.02 Å². The Kier molecular flexibility index (Phi) is 4.49. The fraction of sp³-hybridized carbons (Fsp3) is 0.333. The molecule has 0 aliphatic carbocycles. The number of hydrogen-bond acceptors (Lipinski definition) is 6. The Labute approximate surface area is 163 Å². The second-order valence-corrected chi connectivity index (χ2v) is 8.54. The van der Waals surface area contributed by atoms with Gasteiger partial charge in [0.25, 0.3) is 5.56 Å². The van der Waals surface area contributed by atoms with Crippen LogP contribution in [0.15, 0.2) is 29.1 Å². The van der Waals surface area contributed by atoms with Crippen LogP contribution in [-0.4, -0.2) is 26.5 Å². The van der Waals surface area contributed by atoms with Crippen molar-refractivity contribution in [2.24, 2.45) is 0 Å². The molecule has 1 N–H and O–H groups in total. The van der Waals surface area contributed by atoms with Gasteiger partial charge in [0.1, 0.15) is 6.54 Å². The first kappa shape index (κ1) is 18.1. The van der Waals surface area contributed by atoms with Crippen molar-refractivity contribution in [2.75, 3.05) is 5.32 Å².